The molecule has 0 amide bonds. The third-order valence-corrected chi connectivity index (χ3v) is 2.29. The van der Waals surface area contributed by atoms with Gasteiger partial charge in [-0.05, 0) is 37.5 Å². The zero-order valence-electron chi connectivity index (χ0n) is 7.19. The smallest absolute Gasteiger partial charge is 0.0294 e. The second-order valence-electron chi connectivity index (χ2n) is 3.99. The van der Waals surface area contributed by atoms with Crippen molar-refractivity contribution in [2.24, 2.45) is 11.8 Å². The summed E-state index contributed by atoms with van der Waals surface area (Å²) in [6.07, 6.45) is 5.39. The maximum atomic E-state index is 4.01. The maximum absolute atomic E-state index is 4.01. The topological polar surface area (TPSA) is 0 Å². The molecule has 1 fully saturated rings. The molecule has 0 heterocycles. The van der Waals surface area contributed by atoms with Gasteiger partial charge in [-0.15, -0.1) is 0 Å². The molecule has 1 aliphatic rings. The molecule has 0 aromatic rings. The molecule has 1 rings (SSSR count). The van der Waals surface area contributed by atoms with E-state index < -0.39 is 0 Å². The van der Waals surface area contributed by atoms with Crippen molar-refractivity contribution in [1.82, 2.24) is 0 Å². The van der Waals surface area contributed by atoms with Gasteiger partial charge in [0.25, 0.3) is 0 Å². The summed E-state index contributed by atoms with van der Waals surface area (Å²) in [7, 11) is 0. The van der Waals surface area contributed by atoms with Crippen LogP contribution in [0, 0.1) is 11.8 Å². The Bertz CT molecular complexity index is 122. The summed E-state index contributed by atoms with van der Waals surface area (Å²) < 4.78 is 0. The quantitative estimate of drug-likeness (QED) is 0.513. The van der Waals surface area contributed by atoms with E-state index in [0.717, 1.165) is 11.8 Å². The van der Waals surface area contributed by atoms with Crippen molar-refractivity contribution >= 4 is 0 Å². The molecule has 10 heavy (non-hydrogen) atoms. The Morgan fingerprint density at radius 2 is 2.30 bits per heavy atom. The van der Waals surface area contributed by atoms with Crippen LogP contribution >= 0.6 is 0 Å². The van der Waals surface area contributed by atoms with Gasteiger partial charge in [0.1, 0.15) is 0 Å². The van der Waals surface area contributed by atoms with E-state index in [9.17, 15) is 0 Å². The molecule has 1 aliphatic carbocycles. The molecule has 0 aromatic heterocycles. The van der Waals surface area contributed by atoms with E-state index in [1.165, 1.54) is 31.3 Å². The van der Waals surface area contributed by atoms with Gasteiger partial charge in [-0.25, -0.2) is 0 Å². The molecule has 0 aliphatic heterocycles. The van der Waals surface area contributed by atoms with E-state index in [4.69, 9.17) is 0 Å². The van der Waals surface area contributed by atoms with Crippen molar-refractivity contribution in [2.45, 2.75) is 39.5 Å². The lowest BCUT2D eigenvalue weighted by Gasteiger charge is -2.10. The van der Waals surface area contributed by atoms with Gasteiger partial charge in [0.2, 0.25) is 0 Å². The third kappa shape index (κ3) is 2.17. The first-order valence-electron chi connectivity index (χ1n) is 4.35. The molecule has 1 atom stereocenters. The molecule has 0 radical (unpaired) electrons. The summed E-state index contributed by atoms with van der Waals surface area (Å²) >= 11 is 0. The lowest BCUT2D eigenvalue weighted by Crippen LogP contribution is -1.98. The third-order valence-electron chi connectivity index (χ3n) is 2.29. The van der Waals surface area contributed by atoms with Gasteiger partial charge >= 0.3 is 0 Å². The number of hydrogen-bond donors (Lipinski definition) is 0. The fraction of sp³-hybridized carbons (Fsp3) is 0.800. The minimum Gasteiger partial charge on any atom is -0.0999 e. The first-order chi connectivity index (χ1) is 4.68. The monoisotopic (exact) mass is 138 g/mol. The largest absolute Gasteiger partial charge is 0.0999 e. The second kappa shape index (κ2) is 3.23. The number of hydrogen-bond acceptors (Lipinski definition) is 0. The Morgan fingerprint density at radius 1 is 1.60 bits per heavy atom. The van der Waals surface area contributed by atoms with E-state index in [-0.39, 0.29) is 0 Å². The zero-order valence-corrected chi connectivity index (χ0v) is 7.19. The molecule has 1 unspecified atom stereocenters. The number of rotatable bonds is 2. The minimum atomic E-state index is 0.871. The molecule has 0 nitrogen and oxygen atoms in total. The van der Waals surface area contributed by atoms with Crippen LogP contribution < -0.4 is 0 Å². The summed E-state index contributed by atoms with van der Waals surface area (Å²) in [6.45, 7) is 8.62. The minimum absolute atomic E-state index is 0.871. The predicted octanol–water partition coefficient (Wildman–Crippen LogP) is 3.39. The van der Waals surface area contributed by atoms with E-state index >= 15 is 0 Å². The van der Waals surface area contributed by atoms with Gasteiger partial charge in [-0.1, -0.05) is 26.0 Å². The Hall–Kier alpha value is -0.260. The van der Waals surface area contributed by atoms with E-state index in [1.54, 1.807) is 0 Å². The van der Waals surface area contributed by atoms with Crippen molar-refractivity contribution in [3.05, 3.63) is 12.2 Å². The van der Waals surface area contributed by atoms with Crippen LogP contribution in [-0.2, 0) is 0 Å². The van der Waals surface area contributed by atoms with Crippen LogP contribution in [0.15, 0.2) is 12.2 Å². The highest BCUT2D eigenvalue weighted by atomic mass is 14.2. The summed E-state index contributed by atoms with van der Waals surface area (Å²) in [5.74, 6) is 1.84. The second-order valence-corrected chi connectivity index (χ2v) is 3.99. The molecule has 0 bridgehead atoms. The molecule has 0 heteroatoms. The van der Waals surface area contributed by atoms with Crippen LogP contribution in [0.1, 0.15) is 39.5 Å². The Balaban J connectivity index is 2.24. The Morgan fingerprint density at radius 3 is 2.70 bits per heavy atom. The van der Waals surface area contributed by atoms with Crippen LogP contribution in [0.5, 0.6) is 0 Å². The van der Waals surface area contributed by atoms with Gasteiger partial charge < -0.3 is 0 Å². The van der Waals surface area contributed by atoms with Crippen LogP contribution in [0.4, 0.5) is 0 Å². The van der Waals surface area contributed by atoms with E-state index in [0.29, 0.717) is 0 Å². The number of allylic oxidation sites excluding steroid dienone is 1. The highest BCUT2D eigenvalue weighted by Crippen LogP contribution is 2.32. The standard InChI is InChI=1S/C10H18/c1-8(2)6-10-5-4-9(3)7-10/h8,10H,3-7H2,1-2H3. The van der Waals surface area contributed by atoms with Crippen LogP contribution in [0.25, 0.3) is 0 Å². The zero-order chi connectivity index (χ0) is 7.56. The summed E-state index contributed by atoms with van der Waals surface area (Å²) in [6, 6.07) is 0. The first kappa shape index (κ1) is 7.84. The maximum Gasteiger partial charge on any atom is -0.0294 e. The highest BCUT2D eigenvalue weighted by Gasteiger charge is 2.18. The normalized spacial score (nSPS) is 26.3. The molecule has 1 saturated carbocycles. The molecular weight excluding hydrogens is 120 g/mol. The fourth-order valence-corrected chi connectivity index (χ4v) is 1.89. The van der Waals surface area contributed by atoms with Crippen molar-refractivity contribution in [2.75, 3.05) is 0 Å². The van der Waals surface area contributed by atoms with Gasteiger partial charge in [0, 0.05) is 0 Å². The average Bonchev–Trinajstić information content (AvgIpc) is 2.13. The van der Waals surface area contributed by atoms with Gasteiger partial charge in [-0.2, -0.15) is 0 Å². The average molecular weight is 138 g/mol. The highest BCUT2D eigenvalue weighted by molar-refractivity contribution is 5.01. The van der Waals surface area contributed by atoms with Crippen LogP contribution in [0.3, 0.4) is 0 Å². The van der Waals surface area contributed by atoms with Crippen molar-refractivity contribution in [3.63, 3.8) is 0 Å². The lowest BCUT2D eigenvalue weighted by molar-refractivity contribution is 0.424. The van der Waals surface area contributed by atoms with Crippen molar-refractivity contribution in [3.8, 4) is 0 Å². The Kier molecular flexibility index (Phi) is 2.53. The van der Waals surface area contributed by atoms with Gasteiger partial charge in [-0.3, -0.25) is 0 Å². The summed E-state index contributed by atoms with van der Waals surface area (Å²) in [5.41, 5.74) is 1.48. The molecule has 0 N–H and O–H groups in total. The lowest BCUT2D eigenvalue weighted by atomic mass is 9.96. The molecule has 0 aromatic carbocycles. The SMILES string of the molecule is C=C1CCC(CC(C)C)C1. The summed E-state index contributed by atoms with van der Waals surface area (Å²) in [4.78, 5) is 0. The van der Waals surface area contributed by atoms with Crippen molar-refractivity contribution in [1.29, 1.82) is 0 Å². The van der Waals surface area contributed by atoms with Crippen LogP contribution in [0.2, 0.25) is 0 Å². The van der Waals surface area contributed by atoms with Crippen molar-refractivity contribution < 1.29 is 0 Å². The summed E-state index contributed by atoms with van der Waals surface area (Å²) in [5, 5.41) is 0. The van der Waals surface area contributed by atoms with Gasteiger partial charge in [0.05, 0.1) is 0 Å². The fourth-order valence-electron chi connectivity index (χ4n) is 1.89. The Labute approximate surface area is 64.3 Å². The predicted molar refractivity (Wildman–Crippen MR) is 45.9 cm³/mol. The van der Waals surface area contributed by atoms with Crippen LogP contribution in [-0.4, -0.2) is 0 Å². The van der Waals surface area contributed by atoms with E-state index in [2.05, 4.69) is 20.4 Å². The van der Waals surface area contributed by atoms with Gasteiger partial charge in [0.15, 0.2) is 0 Å². The first-order valence-corrected chi connectivity index (χ1v) is 4.35. The molecular formula is C10H18. The molecule has 0 spiro atoms. The van der Waals surface area contributed by atoms with E-state index in [1.807, 2.05) is 0 Å². The molecule has 0 saturated heterocycles. The molecule has 58 valence electrons.